The van der Waals surface area contributed by atoms with Crippen LogP contribution in [0.2, 0.25) is 0 Å². The summed E-state index contributed by atoms with van der Waals surface area (Å²) in [6.45, 7) is 4.55. The van der Waals surface area contributed by atoms with Crippen LogP contribution in [0.5, 0.6) is 5.75 Å². The third-order valence-corrected chi connectivity index (χ3v) is 4.54. The summed E-state index contributed by atoms with van der Waals surface area (Å²) in [4.78, 5) is 26.5. The first-order chi connectivity index (χ1) is 13.0. The van der Waals surface area contributed by atoms with Gasteiger partial charge in [-0.3, -0.25) is 9.59 Å². The maximum atomic E-state index is 12.6. The number of amides is 2. The van der Waals surface area contributed by atoms with Gasteiger partial charge in [0.1, 0.15) is 11.8 Å². The van der Waals surface area contributed by atoms with E-state index in [-0.39, 0.29) is 11.8 Å². The van der Waals surface area contributed by atoms with Crippen LogP contribution in [0.25, 0.3) is 0 Å². The number of benzene rings is 2. The third-order valence-electron chi connectivity index (χ3n) is 4.54. The first kappa shape index (κ1) is 20.5. The smallest absolute Gasteiger partial charge is 0.242 e. The van der Waals surface area contributed by atoms with Gasteiger partial charge in [-0.2, -0.15) is 0 Å². The van der Waals surface area contributed by atoms with Gasteiger partial charge in [0.05, 0.1) is 7.11 Å². The second-order valence-electron chi connectivity index (χ2n) is 6.43. The van der Waals surface area contributed by atoms with Gasteiger partial charge in [-0.1, -0.05) is 49.4 Å². The quantitative estimate of drug-likeness (QED) is 0.740. The van der Waals surface area contributed by atoms with Crippen molar-refractivity contribution < 1.29 is 14.3 Å². The lowest BCUT2D eigenvalue weighted by atomic mass is 10.1. The Morgan fingerprint density at radius 2 is 1.70 bits per heavy atom. The molecule has 1 atom stereocenters. The Balaban J connectivity index is 1.92. The molecule has 2 aromatic rings. The Hall–Kier alpha value is -2.82. The largest absolute Gasteiger partial charge is 0.497 e. The maximum Gasteiger partial charge on any atom is 0.242 e. The number of hydrogen-bond acceptors (Lipinski definition) is 3. The van der Waals surface area contributed by atoms with Crippen molar-refractivity contribution in [1.29, 1.82) is 0 Å². The van der Waals surface area contributed by atoms with E-state index in [4.69, 9.17) is 4.74 Å². The number of hydrogen-bond donors (Lipinski definition) is 1. The van der Waals surface area contributed by atoms with Gasteiger partial charge in [-0.25, -0.2) is 0 Å². The van der Waals surface area contributed by atoms with Crippen LogP contribution >= 0.6 is 0 Å². The molecule has 5 nitrogen and oxygen atoms in total. The summed E-state index contributed by atoms with van der Waals surface area (Å²) in [6.07, 6.45) is 1.10. The summed E-state index contributed by atoms with van der Waals surface area (Å²) in [6, 6.07) is 17.0. The predicted molar refractivity (Wildman–Crippen MR) is 106 cm³/mol. The van der Waals surface area contributed by atoms with E-state index >= 15 is 0 Å². The summed E-state index contributed by atoms with van der Waals surface area (Å²) < 4.78 is 5.14. The lowest BCUT2D eigenvalue weighted by Crippen LogP contribution is -2.47. The van der Waals surface area contributed by atoms with Crippen LogP contribution < -0.4 is 10.1 Å². The van der Waals surface area contributed by atoms with E-state index in [0.717, 1.165) is 23.3 Å². The van der Waals surface area contributed by atoms with Gasteiger partial charge in [0, 0.05) is 19.5 Å². The number of rotatable bonds is 9. The maximum absolute atomic E-state index is 12.6. The lowest BCUT2D eigenvalue weighted by molar-refractivity contribution is -0.140. The van der Waals surface area contributed by atoms with E-state index in [9.17, 15) is 9.59 Å². The Morgan fingerprint density at radius 3 is 2.30 bits per heavy atom. The lowest BCUT2D eigenvalue weighted by Gasteiger charge is -2.28. The summed E-state index contributed by atoms with van der Waals surface area (Å²) in [7, 11) is 1.63. The minimum Gasteiger partial charge on any atom is -0.497 e. The van der Waals surface area contributed by atoms with Crippen LogP contribution in [0, 0.1) is 0 Å². The molecular weight excluding hydrogens is 340 g/mol. The van der Waals surface area contributed by atoms with E-state index in [1.165, 1.54) is 0 Å². The van der Waals surface area contributed by atoms with Gasteiger partial charge in [0.25, 0.3) is 0 Å². The molecule has 0 aromatic heterocycles. The normalized spacial score (nSPS) is 11.5. The van der Waals surface area contributed by atoms with Crippen LogP contribution in [0.3, 0.4) is 0 Å². The van der Waals surface area contributed by atoms with Gasteiger partial charge in [-0.15, -0.1) is 0 Å². The average Bonchev–Trinajstić information content (AvgIpc) is 2.72. The van der Waals surface area contributed by atoms with E-state index in [2.05, 4.69) is 5.32 Å². The van der Waals surface area contributed by atoms with Crippen molar-refractivity contribution in [2.75, 3.05) is 13.7 Å². The van der Waals surface area contributed by atoms with E-state index in [0.29, 0.717) is 19.5 Å². The standard InChI is InChI=1S/C22H28N2O3/c1-4-21(25)24(16-19-8-6-5-7-9-19)17(2)22(26)23-15-14-18-10-12-20(27-3)13-11-18/h5-13,17H,4,14-16H2,1-3H3,(H,23,26). The molecule has 0 aliphatic rings. The number of carbonyl (C=O) groups excluding carboxylic acids is 2. The summed E-state index contributed by atoms with van der Waals surface area (Å²) in [5, 5.41) is 2.94. The highest BCUT2D eigenvalue weighted by Crippen LogP contribution is 2.12. The first-order valence-electron chi connectivity index (χ1n) is 9.29. The van der Waals surface area contributed by atoms with Crippen molar-refractivity contribution in [3.05, 3.63) is 65.7 Å². The molecule has 0 spiro atoms. The molecule has 2 amide bonds. The number of nitrogens with zero attached hydrogens (tertiary/aromatic N) is 1. The van der Waals surface area contributed by atoms with Gasteiger partial charge in [-0.05, 0) is 36.6 Å². The zero-order chi connectivity index (χ0) is 19.6. The SMILES string of the molecule is CCC(=O)N(Cc1ccccc1)C(C)C(=O)NCCc1ccc(OC)cc1. The van der Waals surface area contributed by atoms with Crippen molar-refractivity contribution in [3.63, 3.8) is 0 Å². The molecule has 0 fully saturated rings. The zero-order valence-corrected chi connectivity index (χ0v) is 16.3. The Labute approximate surface area is 161 Å². The van der Waals surface area contributed by atoms with Gasteiger partial charge in [0.15, 0.2) is 0 Å². The summed E-state index contributed by atoms with van der Waals surface area (Å²) in [5.74, 6) is 0.643. The topological polar surface area (TPSA) is 58.6 Å². The zero-order valence-electron chi connectivity index (χ0n) is 16.3. The summed E-state index contributed by atoms with van der Waals surface area (Å²) >= 11 is 0. The fraction of sp³-hybridized carbons (Fsp3) is 0.364. The number of carbonyl (C=O) groups is 2. The molecular formula is C22H28N2O3. The highest BCUT2D eigenvalue weighted by molar-refractivity contribution is 5.87. The van der Waals surface area contributed by atoms with Crippen LogP contribution in [0.1, 0.15) is 31.4 Å². The molecule has 0 saturated carbocycles. The fourth-order valence-corrected chi connectivity index (χ4v) is 2.84. The van der Waals surface area contributed by atoms with Crippen molar-refractivity contribution in [1.82, 2.24) is 10.2 Å². The highest BCUT2D eigenvalue weighted by atomic mass is 16.5. The molecule has 0 radical (unpaired) electrons. The van der Waals surface area contributed by atoms with E-state index in [1.807, 2.05) is 61.5 Å². The molecule has 0 bridgehead atoms. The van der Waals surface area contributed by atoms with Gasteiger partial charge >= 0.3 is 0 Å². The molecule has 2 aromatic carbocycles. The third kappa shape index (κ3) is 6.13. The molecule has 1 N–H and O–H groups in total. The van der Waals surface area contributed by atoms with Crippen molar-refractivity contribution in [2.24, 2.45) is 0 Å². The minimum absolute atomic E-state index is 0.0309. The van der Waals surface area contributed by atoms with Crippen LogP contribution in [-0.4, -0.2) is 36.4 Å². The molecule has 0 aliphatic carbocycles. The van der Waals surface area contributed by atoms with Gasteiger partial charge < -0.3 is 15.0 Å². The molecule has 0 saturated heterocycles. The molecule has 0 aliphatic heterocycles. The van der Waals surface area contributed by atoms with Crippen molar-refractivity contribution in [2.45, 2.75) is 39.3 Å². The first-order valence-corrected chi connectivity index (χ1v) is 9.29. The Bertz CT molecular complexity index is 729. The monoisotopic (exact) mass is 368 g/mol. The average molecular weight is 368 g/mol. The van der Waals surface area contributed by atoms with Crippen LogP contribution in [-0.2, 0) is 22.6 Å². The van der Waals surface area contributed by atoms with Crippen LogP contribution in [0.4, 0.5) is 0 Å². The highest BCUT2D eigenvalue weighted by Gasteiger charge is 2.24. The second-order valence-corrected chi connectivity index (χ2v) is 6.43. The van der Waals surface area contributed by atoms with Gasteiger partial charge in [0.2, 0.25) is 11.8 Å². The molecule has 27 heavy (non-hydrogen) atoms. The van der Waals surface area contributed by atoms with E-state index < -0.39 is 6.04 Å². The molecule has 1 unspecified atom stereocenters. The Kier molecular flexibility index (Phi) is 7.86. The van der Waals surface area contributed by atoms with Crippen molar-refractivity contribution in [3.8, 4) is 5.75 Å². The molecule has 144 valence electrons. The Morgan fingerprint density at radius 1 is 1.04 bits per heavy atom. The number of ether oxygens (including phenoxy) is 1. The number of nitrogens with one attached hydrogen (secondary N) is 1. The molecule has 2 rings (SSSR count). The second kappa shape index (κ2) is 10.4. The number of methoxy groups -OCH3 is 1. The van der Waals surface area contributed by atoms with Crippen LogP contribution in [0.15, 0.2) is 54.6 Å². The molecule has 5 heteroatoms. The minimum atomic E-state index is -0.520. The van der Waals surface area contributed by atoms with E-state index in [1.54, 1.807) is 18.9 Å². The van der Waals surface area contributed by atoms with Crippen molar-refractivity contribution >= 4 is 11.8 Å². The fourth-order valence-electron chi connectivity index (χ4n) is 2.84. The predicted octanol–water partition coefficient (Wildman–Crippen LogP) is 3.18. The molecule has 0 heterocycles. The summed E-state index contributed by atoms with van der Waals surface area (Å²) in [5.41, 5.74) is 2.13.